The van der Waals surface area contributed by atoms with Crippen LogP contribution in [0.1, 0.15) is 27.2 Å². The molecule has 0 rings (SSSR count). The van der Waals surface area contributed by atoms with E-state index >= 15 is 0 Å². The Bertz CT molecular complexity index is 99.1. The first-order valence-corrected chi connectivity index (χ1v) is 3.33. The van der Waals surface area contributed by atoms with Gasteiger partial charge in [0.2, 0.25) is 5.91 Å². The molecule has 1 atom stereocenters. The molecule has 9 heavy (non-hydrogen) atoms. The van der Waals surface area contributed by atoms with Gasteiger partial charge in [0.1, 0.15) is 0 Å². The van der Waals surface area contributed by atoms with Crippen LogP contribution in [0, 0.1) is 11.8 Å². The summed E-state index contributed by atoms with van der Waals surface area (Å²) >= 11 is 0. The molecule has 1 unspecified atom stereocenters. The van der Waals surface area contributed by atoms with Crippen LogP contribution in [-0.4, -0.2) is 5.91 Å². The van der Waals surface area contributed by atoms with Gasteiger partial charge in [-0.1, -0.05) is 20.8 Å². The lowest BCUT2D eigenvalue weighted by Crippen LogP contribution is -2.21. The lowest BCUT2D eigenvalue weighted by atomic mass is 9.99. The Kier molecular flexibility index (Phi) is 3.28. The fraction of sp³-hybridized carbons (Fsp3) is 0.857. The maximum Gasteiger partial charge on any atom is 0.220 e. The molecule has 0 bridgehead atoms. The Hall–Kier alpha value is -0.530. The molecule has 0 aliphatic rings. The molecule has 2 nitrogen and oxygen atoms in total. The third kappa shape index (κ3) is 4.01. The molecule has 0 saturated heterocycles. The fourth-order valence-electron chi connectivity index (χ4n) is 0.823. The van der Waals surface area contributed by atoms with E-state index in [2.05, 4.69) is 13.8 Å². The van der Waals surface area contributed by atoms with E-state index in [1.807, 2.05) is 6.92 Å². The van der Waals surface area contributed by atoms with E-state index in [9.17, 15) is 4.79 Å². The summed E-state index contributed by atoms with van der Waals surface area (Å²) in [5.41, 5.74) is 5.05. The molecular formula is C7H15NO. The molecule has 0 radical (unpaired) electrons. The van der Waals surface area contributed by atoms with Crippen LogP contribution in [0.4, 0.5) is 0 Å². The monoisotopic (exact) mass is 129 g/mol. The van der Waals surface area contributed by atoms with Crippen molar-refractivity contribution in [2.45, 2.75) is 27.2 Å². The predicted octanol–water partition coefficient (Wildman–Crippen LogP) is 1.15. The van der Waals surface area contributed by atoms with Crippen LogP contribution in [-0.2, 0) is 4.79 Å². The zero-order valence-electron chi connectivity index (χ0n) is 6.35. The number of amides is 1. The second-order valence-corrected chi connectivity index (χ2v) is 2.93. The molecule has 0 heterocycles. The summed E-state index contributed by atoms with van der Waals surface area (Å²) in [6.45, 7) is 6.03. The summed E-state index contributed by atoms with van der Waals surface area (Å²) in [5.74, 6) is 0.404. The summed E-state index contributed by atoms with van der Waals surface area (Å²) in [6, 6.07) is 0. The van der Waals surface area contributed by atoms with Gasteiger partial charge in [-0.25, -0.2) is 0 Å². The number of primary amides is 1. The Morgan fingerprint density at radius 1 is 1.44 bits per heavy atom. The summed E-state index contributed by atoms with van der Waals surface area (Å²) in [4.78, 5) is 10.5. The molecule has 0 aliphatic carbocycles. The average Bonchev–Trinajstić information content (AvgIpc) is 1.63. The van der Waals surface area contributed by atoms with Crippen molar-refractivity contribution in [1.82, 2.24) is 0 Å². The molecule has 0 aliphatic heterocycles. The molecule has 0 saturated carbocycles. The molecule has 0 aromatic rings. The minimum absolute atomic E-state index is 0.0324. The number of carbonyl (C=O) groups is 1. The zero-order valence-corrected chi connectivity index (χ0v) is 6.35. The minimum Gasteiger partial charge on any atom is -0.369 e. The van der Waals surface area contributed by atoms with Crippen LogP contribution >= 0.6 is 0 Å². The van der Waals surface area contributed by atoms with Gasteiger partial charge < -0.3 is 5.73 Å². The minimum atomic E-state index is -0.191. The van der Waals surface area contributed by atoms with Crippen molar-refractivity contribution < 1.29 is 4.79 Å². The van der Waals surface area contributed by atoms with Gasteiger partial charge in [-0.3, -0.25) is 4.79 Å². The van der Waals surface area contributed by atoms with Crippen molar-refractivity contribution in [2.24, 2.45) is 17.6 Å². The summed E-state index contributed by atoms with van der Waals surface area (Å²) in [5, 5.41) is 0. The van der Waals surface area contributed by atoms with E-state index in [0.717, 1.165) is 6.42 Å². The predicted molar refractivity (Wildman–Crippen MR) is 37.8 cm³/mol. The highest BCUT2D eigenvalue weighted by atomic mass is 16.1. The Balaban J connectivity index is 3.50. The van der Waals surface area contributed by atoms with Crippen molar-refractivity contribution in [3.8, 4) is 0 Å². The van der Waals surface area contributed by atoms with Gasteiger partial charge in [0.15, 0.2) is 0 Å². The molecule has 0 spiro atoms. The molecule has 2 N–H and O–H groups in total. The van der Waals surface area contributed by atoms with Crippen LogP contribution in [0.5, 0.6) is 0 Å². The van der Waals surface area contributed by atoms with E-state index in [-0.39, 0.29) is 11.8 Å². The molecule has 0 fully saturated rings. The van der Waals surface area contributed by atoms with Crippen LogP contribution in [0.3, 0.4) is 0 Å². The molecule has 2 heteroatoms. The molecule has 0 aromatic heterocycles. The van der Waals surface area contributed by atoms with Gasteiger partial charge >= 0.3 is 0 Å². The van der Waals surface area contributed by atoms with Crippen LogP contribution < -0.4 is 5.73 Å². The highest BCUT2D eigenvalue weighted by molar-refractivity contribution is 5.76. The first kappa shape index (κ1) is 8.47. The fourth-order valence-corrected chi connectivity index (χ4v) is 0.823. The standard InChI is InChI=1S/C7H15NO/c1-5(2)4-6(3)7(8)9/h5-6H,4H2,1-3H3,(H2,8,9). The van der Waals surface area contributed by atoms with Crippen LogP contribution in [0.2, 0.25) is 0 Å². The van der Waals surface area contributed by atoms with Crippen molar-refractivity contribution in [1.29, 1.82) is 0 Å². The first-order valence-electron chi connectivity index (χ1n) is 3.33. The first-order chi connectivity index (χ1) is 4.04. The SMILES string of the molecule is CC(C)CC(C)C(N)=O. The highest BCUT2D eigenvalue weighted by Gasteiger charge is 2.09. The van der Waals surface area contributed by atoms with Crippen molar-refractivity contribution in [3.63, 3.8) is 0 Å². The second kappa shape index (κ2) is 3.49. The smallest absolute Gasteiger partial charge is 0.220 e. The van der Waals surface area contributed by atoms with Crippen LogP contribution in [0.25, 0.3) is 0 Å². The lowest BCUT2D eigenvalue weighted by Gasteiger charge is -2.08. The number of hydrogen-bond donors (Lipinski definition) is 1. The third-order valence-corrected chi connectivity index (χ3v) is 1.31. The van der Waals surface area contributed by atoms with Gasteiger partial charge in [0.25, 0.3) is 0 Å². The van der Waals surface area contributed by atoms with E-state index in [1.165, 1.54) is 0 Å². The number of hydrogen-bond acceptors (Lipinski definition) is 1. The second-order valence-electron chi connectivity index (χ2n) is 2.93. The summed E-state index contributed by atoms with van der Waals surface area (Å²) < 4.78 is 0. The van der Waals surface area contributed by atoms with Crippen molar-refractivity contribution >= 4 is 5.91 Å². The normalized spacial score (nSPS) is 13.8. The van der Waals surface area contributed by atoms with E-state index in [4.69, 9.17) is 5.73 Å². The maximum atomic E-state index is 10.5. The molecule has 0 aromatic carbocycles. The molecular weight excluding hydrogens is 114 g/mol. The van der Waals surface area contributed by atoms with Crippen molar-refractivity contribution in [2.75, 3.05) is 0 Å². The van der Waals surface area contributed by atoms with Gasteiger partial charge in [0.05, 0.1) is 0 Å². The average molecular weight is 129 g/mol. The Morgan fingerprint density at radius 3 is 2.00 bits per heavy atom. The third-order valence-electron chi connectivity index (χ3n) is 1.31. The van der Waals surface area contributed by atoms with E-state index < -0.39 is 0 Å². The zero-order chi connectivity index (χ0) is 7.44. The van der Waals surface area contributed by atoms with Gasteiger partial charge in [-0.05, 0) is 12.3 Å². The van der Waals surface area contributed by atoms with Crippen LogP contribution in [0.15, 0.2) is 0 Å². The van der Waals surface area contributed by atoms with Gasteiger partial charge in [0, 0.05) is 5.92 Å². The van der Waals surface area contributed by atoms with Gasteiger partial charge in [-0.15, -0.1) is 0 Å². The largest absolute Gasteiger partial charge is 0.369 e. The van der Waals surface area contributed by atoms with E-state index in [1.54, 1.807) is 0 Å². The number of rotatable bonds is 3. The molecule has 1 amide bonds. The number of nitrogens with two attached hydrogens (primary N) is 1. The number of carbonyl (C=O) groups excluding carboxylic acids is 1. The maximum absolute atomic E-state index is 10.5. The Morgan fingerprint density at radius 2 is 1.89 bits per heavy atom. The Labute approximate surface area is 56.4 Å². The quantitative estimate of drug-likeness (QED) is 0.610. The molecule has 54 valence electrons. The summed E-state index contributed by atoms with van der Waals surface area (Å²) in [6.07, 6.45) is 0.898. The van der Waals surface area contributed by atoms with Gasteiger partial charge in [-0.2, -0.15) is 0 Å². The highest BCUT2D eigenvalue weighted by Crippen LogP contribution is 2.09. The summed E-state index contributed by atoms with van der Waals surface area (Å²) in [7, 11) is 0. The lowest BCUT2D eigenvalue weighted by molar-refractivity contribution is -0.121. The van der Waals surface area contributed by atoms with E-state index in [0.29, 0.717) is 5.92 Å². The topological polar surface area (TPSA) is 43.1 Å². The van der Waals surface area contributed by atoms with Crippen molar-refractivity contribution in [3.05, 3.63) is 0 Å².